The van der Waals surface area contributed by atoms with Gasteiger partial charge < -0.3 is 14.2 Å². The maximum atomic E-state index is 13.3. The molecule has 2 aromatic carbocycles. The summed E-state index contributed by atoms with van der Waals surface area (Å²) in [6.45, 7) is 5.76. The first-order chi connectivity index (χ1) is 15.5. The molecule has 32 heavy (non-hydrogen) atoms. The van der Waals surface area contributed by atoms with Crippen LogP contribution in [-0.4, -0.2) is 45.9 Å². The summed E-state index contributed by atoms with van der Waals surface area (Å²) in [6.07, 6.45) is 2.43. The van der Waals surface area contributed by atoms with Crippen molar-refractivity contribution < 1.29 is 9.53 Å². The normalized spacial score (nSPS) is 15.9. The summed E-state index contributed by atoms with van der Waals surface area (Å²) in [5, 5.41) is 0.897. The molecule has 0 spiro atoms. The van der Waals surface area contributed by atoms with E-state index in [1.165, 1.54) is 11.8 Å². The zero-order valence-corrected chi connectivity index (χ0v) is 19.8. The number of imidazole rings is 1. The van der Waals surface area contributed by atoms with Crippen LogP contribution in [0.25, 0.3) is 0 Å². The van der Waals surface area contributed by atoms with Crippen molar-refractivity contribution in [2.45, 2.75) is 50.5 Å². The average Bonchev–Trinajstić information content (AvgIpc) is 3.43. The lowest BCUT2D eigenvalue weighted by atomic mass is 9.97. The van der Waals surface area contributed by atoms with Crippen LogP contribution in [0.3, 0.4) is 0 Å². The van der Waals surface area contributed by atoms with Gasteiger partial charge in [0.25, 0.3) is 0 Å². The van der Waals surface area contributed by atoms with Gasteiger partial charge in [-0.3, -0.25) is 4.79 Å². The first-order valence-corrected chi connectivity index (χ1v) is 12.2. The van der Waals surface area contributed by atoms with Crippen molar-refractivity contribution in [3.63, 3.8) is 0 Å². The molecule has 4 rings (SSSR count). The van der Waals surface area contributed by atoms with Crippen LogP contribution in [0.5, 0.6) is 0 Å². The molecule has 6 heteroatoms. The Morgan fingerprint density at radius 2 is 1.75 bits per heavy atom. The predicted octanol–water partition coefficient (Wildman–Crippen LogP) is 5.02. The van der Waals surface area contributed by atoms with Gasteiger partial charge in [0.2, 0.25) is 5.91 Å². The van der Waals surface area contributed by atoms with E-state index in [1.54, 1.807) is 0 Å². The maximum Gasteiger partial charge on any atom is 0.233 e. The number of nitrogens with zero attached hydrogens (tertiary/aromatic N) is 3. The first-order valence-electron chi connectivity index (χ1n) is 11.2. The summed E-state index contributed by atoms with van der Waals surface area (Å²) in [5.41, 5.74) is 4.37. The van der Waals surface area contributed by atoms with Crippen molar-refractivity contribution in [2.75, 3.05) is 19.4 Å². The molecule has 1 saturated heterocycles. The maximum absolute atomic E-state index is 13.3. The van der Waals surface area contributed by atoms with Gasteiger partial charge in [0, 0.05) is 19.3 Å². The number of aryl methyl sites for hydroxylation is 1. The highest BCUT2D eigenvalue weighted by Gasteiger charge is 2.25. The molecule has 2 heterocycles. The van der Waals surface area contributed by atoms with Crippen molar-refractivity contribution in [3.8, 4) is 0 Å². The number of ether oxygens (including phenoxy) is 1. The fourth-order valence-electron chi connectivity index (χ4n) is 4.22. The minimum Gasteiger partial charge on any atom is -0.376 e. The number of benzene rings is 2. The first kappa shape index (κ1) is 22.6. The van der Waals surface area contributed by atoms with Crippen LogP contribution in [0.1, 0.15) is 41.4 Å². The zero-order chi connectivity index (χ0) is 22.5. The molecule has 3 aromatic rings. The predicted molar refractivity (Wildman–Crippen MR) is 129 cm³/mol. The Labute approximate surface area is 194 Å². The van der Waals surface area contributed by atoms with Gasteiger partial charge in [-0.2, -0.15) is 0 Å². The van der Waals surface area contributed by atoms with Crippen LogP contribution in [0.15, 0.2) is 65.8 Å². The molecule has 1 atom stereocenters. The molecule has 0 bridgehead atoms. The van der Waals surface area contributed by atoms with Crippen molar-refractivity contribution in [1.29, 1.82) is 0 Å². The topological polar surface area (TPSA) is 47.4 Å². The Hall–Kier alpha value is -2.57. The highest BCUT2D eigenvalue weighted by atomic mass is 32.2. The van der Waals surface area contributed by atoms with Gasteiger partial charge in [0.05, 0.1) is 30.1 Å². The number of thioether (sulfide) groups is 1. The van der Waals surface area contributed by atoms with E-state index in [0.29, 0.717) is 5.75 Å². The van der Waals surface area contributed by atoms with E-state index in [-0.39, 0.29) is 18.1 Å². The second-order valence-electron chi connectivity index (χ2n) is 8.33. The van der Waals surface area contributed by atoms with Gasteiger partial charge in [0.15, 0.2) is 5.16 Å². The fraction of sp³-hybridized carbons (Fsp3) is 0.385. The SMILES string of the molecule is Cc1nc(SCC(=O)N(C)C(c2ccccc2)c2ccccc2)n(CC2CCCO2)c1C. The van der Waals surface area contributed by atoms with E-state index in [2.05, 4.69) is 35.8 Å². The van der Waals surface area contributed by atoms with Gasteiger partial charge in [0.1, 0.15) is 0 Å². The molecule has 1 unspecified atom stereocenters. The number of hydrogen-bond acceptors (Lipinski definition) is 4. The summed E-state index contributed by atoms with van der Waals surface area (Å²) in [6, 6.07) is 20.3. The third-order valence-corrected chi connectivity index (χ3v) is 7.13. The number of carbonyl (C=O) groups is 1. The summed E-state index contributed by atoms with van der Waals surface area (Å²) in [5.74, 6) is 0.420. The van der Waals surface area contributed by atoms with E-state index in [4.69, 9.17) is 9.72 Å². The van der Waals surface area contributed by atoms with Crippen LogP contribution < -0.4 is 0 Å². The molecule has 0 aliphatic carbocycles. The molecule has 1 amide bonds. The standard InChI is InChI=1S/C26H31N3O2S/c1-19-20(2)29(17-23-15-10-16-31-23)26(27-19)32-18-24(30)28(3)25(21-11-6-4-7-12-21)22-13-8-5-9-14-22/h4-9,11-14,23,25H,10,15-18H2,1-3H3. The van der Waals surface area contributed by atoms with E-state index < -0.39 is 0 Å². The molecule has 1 aliphatic rings. The summed E-state index contributed by atoms with van der Waals surface area (Å²) in [7, 11) is 1.89. The molecule has 5 nitrogen and oxygen atoms in total. The minimum absolute atomic E-state index is 0.0784. The Bertz CT molecular complexity index is 990. The molecule has 0 saturated carbocycles. The number of rotatable bonds is 8. The van der Waals surface area contributed by atoms with E-state index in [1.807, 2.05) is 55.3 Å². The lowest BCUT2D eigenvalue weighted by Crippen LogP contribution is -2.33. The Balaban J connectivity index is 1.50. The van der Waals surface area contributed by atoms with Crippen LogP contribution in [0.2, 0.25) is 0 Å². The summed E-state index contributed by atoms with van der Waals surface area (Å²) in [4.78, 5) is 19.9. The van der Waals surface area contributed by atoms with Gasteiger partial charge in [-0.15, -0.1) is 0 Å². The Morgan fingerprint density at radius 3 is 2.31 bits per heavy atom. The molecule has 1 aliphatic heterocycles. The Morgan fingerprint density at radius 1 is 1.12 bits per heavy atom. The van der Waals surface area contributed by atoms with Crippen molar-refractivity contribution in [3.05, 3.63) is 83.2 Å². The van der Waals surface area contributed by atoms with Gasteiger partial charge in [-0.1, -0.05) is 72.4 Å². The summed E-state index contributed by atoms with van der Waals surface area (Å²) < 4.78 is 8.05. The molecule has 1 aromatic heterocycles. The number of carbonyl (C=O) groups excluding carboxylic acids is 1. The molecular weight excluding hydrogens is 418 g/mol. The minimum atomic E-state index is -0.124. The van der Waals surface area contributed by atoms with E-state index >= 15 is 0 Å². The largest absolute Gasteiger partial charge is 0.376 e. The Kier molecular flexibility index (Phi) is 7.33. The van der Waals surface area contributed by atoms with Gasteiger partial charge >= 0.3 is 0 Å². The van der Waals surface area contributed by atoms with Gasteiger partial charge in [-0.25, -0.2) is 4.98 Å². The van der Waals surface area contributed by atoms with Crippen LogP contribution in [-0.2, 0) is 16.1 Å². The zero-order valence-electron chi connectivity index (χ0n) is 19.0. The van der Waals surface area contributed by atoms with Crippen molar-refractivity contribution in [2.24, 2.45) is 0 Å². The smallest absolute Gasteiger partial charge is 0.233 e. The third-order valence-electron chi connectivity index (χ3n) is 6.17. The second kappa shape index (κ2) is 10.4. The van der Waals surface area contributed by atoms with Crippen molar-refractivity contribution >= 4 is 17.7 Å². The lowest BCUT2D eigenvalue weighted by Gasteiger charge is -2.29. The van der Waals surface area contributed by atoms with Crippen LogP contribution in [0.4, 0.5) is 0 Å². The molecular formula is C26H31N3O2S. The summed E-state index contributed by atoms with van der Waals surface area (Å²) >= 11 is 1.51. The molecule has 1 fully saturated rings. The monoisotopic (exact) mass is 449 g/mol. The van der Waals surface area contributed by atoms with E-state index in [9.17, 15) is 4.79 Å². The highest BCUT2D eigenvalue weighted by Crippen LogP contribution is 2.29. The molecule has 0 N–H and O–H groups in total. The van der Waals surface area contributed by atoms with Crippen LogP contribution >= 0.6 is 11.8 Å². The van der Waals surface area contributed by atoms with Gasteiger partial charge in [-0.05, 0) is 37.8 Å². The number of aromatic nitrogens is 2. The van der Waals surface area contributed by atoms with E-state index in [0.717, 1.165) is 53.7 Å². The quantitative estimate of drug-likeness (QED) is 0.453. The third kappa shape index (κ3) is 5.08. The second-order valence-corrected chi connectivity index (χ2v) is 9.27. The van der Waals surface area contributed by atoms with Crippen molar-refractivity contribution in [1.82, 2.24) is 14.5 Å². The fourth-order valence-corrected chi connectivity index (χ4v) is 5.25. The van der Waals surface area contributed by atoms with Crippen LogP contribution in [0, 0.1) is 13.8 Å². The lowest BCUT2D eigenvalue weighted by molar-refractivity contribution is -0.128. The highest BCUT2D eigenvalue weighted by molar-refractivity contribution is 7.99. The molecule has 168 valence electrons. The number of amides is 1. The molecule has 0 radical (unpaired) electrons. The average molecular weight is 450 g/mol. The number of hydrogen-bond donors (Lipinski definition) is 0.